The fourth-order valence-electron chi connectivity index (χ4n) is 2.15. The molecule has 2 aromatic heterocycles. The Bertz CT molecular complexity index is 603. The Labute approximate surface area is 125 Å². The van der Waals surface area contributed by atoms with Gasteiger partial charge >= 0.3 is 5.97 Å². The summed E-state index contributed by atoms with van der Waals surface area (Å²) in [6, 6.07) is 4.13. The van der Waals surface area contributed by atoms with Gasteiger partial charge in [-0.05, 0) is 31.2 Å². The first kappa shape index (κ1) is 13.6. The number of carboxylic acids is 1. The van der Waals surface area contributed by atoms with Crippen molar-refractivity contribution >= 4 is 33.8 Å². The minimum atomic E-state index is -0.845. The molecular formula is C14H16N2O2S2. The van der Waals surface area contributed by atoms with Crippen molar-refractivity contribution in [3.63, 3.8) is 0 Å². The van der Waals surface area contributed by atoms with Crippen molar-refractivity contribution in [2.24, 2.45) is 0 Å². The SMILES string of the molecule is CCN(Cc1cccs1)c1nc(C2CC2)c(C(=O)O)s1. The molecule has 2 heterocycles. The number of hydrogen-bond acceptors (Lipinski definition) is 5. The number of rotatable bonds is 6. The molecule has 4 nitrogen and oxygen atoms in total. The minimum absolute atomic E-state index is 0.367. The molecule has 0 bridgehead atoms. The molecule has 0 saturated heterocycles. The summed E-state index contributed by atoms with van der Waals surface area (Å²) in [4.78, 5) is 19.8. The van der Waals surface area contributed by atoms with E-state index in [1.807, 2.05) is 6.07 Å². The highest BCUT2D eigenvalue weighted by molar-refractivity contribution is 7.17. The van der Waals surface area contributed by atoms with Gasteiger partial charge in [0.2, 0.25) is 0 Å². The third kappa shape index (κ3) is 2.71. The number of carbonyl (C=O) groups is 1. The second-order valence-corrected chi connectivity index (χ2v) is 6.89. The van der Waals surface area contributed by atoms with Gasteiger partial charge in [0.1, 0.15) is 4.88 Å². The number of thiazole rings is 1. The first-order valence-corrected chi connectivity index (χ1v) is 8.40. The molecule has 0 spiro atoms. The number of aromatic carboxylic acids is 1. The normalized spacial score (nSPS) is 14.4. The smallest absolute Gasteiger partial charge is 0.347 e. The van der Waals surface area contributed by atoms with Crippen LogP contribution < -0.4 is 4.90 Å². The van der Waals surface area contributed by atoms with Crippen molar-refractivity contribution in [1.82, 2.24) is 4.98 Å². The highest BCUT2D eigenvalue weighted by atomic mass is 32.1. The van der Waals surface area contributed by atoms with Gasteiger partial charge in [-0.2, -0.15) is 0 Å². The molecule has 2 aromatic rings. The van der Waals surface area contributed by atoms with Crippen LogP contribution >= 0.6 is 22.7 Å². The number of aromatic nitrogens is 1. The van der Waals surface area contributed by atoms with E-state index < -0.39 is 5.97 Å². The van der Waals surface area contributed by atoms with Crippen LogP contribution in [0.1, 0.15) is 45.9 Å². The largest absolute Gasteiger partial charge is 0.477 e. The molecule has 3 rings (SSSR count). The van der Waals surface area contributed by atoms with Crippen molar-refractivity contribution in [3.8, 4) is 0 Å². The molecule has 6 heteroatoms. The number of hydrogen-bond donors (Lipinski definition) is 1. The molecule has 1 aliphatic rings. The molecule has 106 valence electrons. The topological polar surface area (TPSA) is 53.4 Å². The lowest BCUT2D eigenvalue weighted by Gasteiger charge is -2.18. The van der Waals surface area contributed by atoms with E-state index >= 15 is 0 Å². The lowest BCUT2D eigenvalue weighted by atomic mass is 10.2. The fraction of sp³-hybridized carbons (Fsp3) is 0.429. The zero-order valence-electron chi connectivity index (χ0n) is 11.2. The molecule has 0 amide bonds. The predicted octanol–water partition coefficient (Wildman–Crippen LogP) is 3.81. The van der Waals surface area contributed by atoms with E-state index in [4.69, 9.17) is 0 Å². The zero-order chi connectivity index (χ0) is 14.1. The van der Waals surface area contributed by atoms with E-state index in [9.17, 15) is 9.90 Å². The van der Waals surface area contributed by atoms with Crippen LogP contribution in [-0.2, 0) is 6.54 Å². The van der Waals surface area contributed by atoms with Gasteiger partial charge in [0.15, 0.2) is 5.13 Å². The monoisotopic (exact) mass is 308 g/mol. The van der Waals surface area contributed by atoms with Gasteiger partial charge in [0.05, 0.1) is 12.2 Å². The Morgan fingerprint density at radius 3 is 2.90 bits per heavy atom. The van der Waals surface area contributed by atoms with Crippen LogP contribution in [0.3, 0.4) is 0 Å². The third-order valence-corrected chi connectivity index (χ3v) is 5.36. The van der Waals surface area contributed by atoms with Crippen LogP contribution in [0.25, 0.3) is 0 Å². The summed E-state index contributed by atoms with van der Waals surface area (Å²) in [5, 5.41) is 12.2. The van der Waals surface area contributed by atoms with E-state index in [1.54, 1.807) is 11.3 Å². The molecule has 0 aromatic carbocycles. The molecule has 0 atom stereocenters. The summed E-state index contributed by atoms with van der Waals surface area (Å²) < 4.78 is 0. The fourth-order valence-corrected chi connectivity index (χ4v) is 3.92. The van der Waals surface area contributed by atoms with Gasteiger partial charge in [0, 0.05) is 17.3 Å². The minimum Gasteiger partial charge on any atom is -0.477 e. The maximum absolute atomic E-state index is 11.3. The van der Waals surface area contributed by atoms with Gasteiger partial charge in [-0.3, -0.25) is 0 Å². The van der Waals surface area contributed by atoms with Crippen LogP contribution in [0.5, 0.6) is 0 Å². The third-order valence-electron chi connectivity index (χ3n) is 3.38. The quantitative estimate of drug-likeness (QED) is 0.881. The van der Waals surface area contributed by atoms with Crippen LogP contribution in [0, 0.1) is 0 Å². The van der Waals surface area contributed by atoms with E-state index in [1.165, 1.54) is 16.2 Å². The molecule has 1 saturated carbocycles. The van der Waals surface area contributed by atoms with Crippen molar-refractivity contribution in [3.05, 3.63) is 33.0 Å². The average Bonchev–Trinajstić information content (AvgIpc) is 2.98. The first-order valence-electron chi connectivity index (χ1n) is 6.70. The number of nitrogens with zero attached hydrogens (tertiary/aromatic N) is 2. The van der Waals surface area contributed by atoms with Crippen molar-refractivity contribution in [2.45, 2.75) is 32.2 Å². The van der Waals surface area contributed by atoms with Gasteiger partial charge in [-0.1, -0.05) is 17.4 Å². The maximum atomic E-state index is 11.3. The molecule has 0 unspecified atom stereocenters. The van der Waals surface area contributed by atoms with Crippen LogP contribution in [-0.4, -0.2) is 22.6 Å². The standard InChI is InChI=1S/C14H16N2O2S2/c1-2-16(8-10-4-3-7-19-10)14-15-11(9-5-6-9)12(20-14)13(17)18/h3-4,7,9H,2,5-6,8H2,1H3,(H,17,18). The summed E-state index contributed by atoms with van der Waals surface area (Å²) in [5.41, 5.74) is 0.794. The van der Waals surface area contributed by atoms with Crippen LogP contribution in [0.4, 0.5) is 5.13 Å². The predicted molar refractivity (Wildman–Crippen MR) is 82.1 cm³/mol. The Morgan fingerprint density at radius 1 is 1.55 bits per heavy atom. The first-order chi connectivity index (χ1) is 9.69. The molecular weight excluding hydrogens is 292 g/mol. The summed E-state index contributed by atoms with van der Waals surface area (Å²) in [7, 11) is 0. The molecule has 1 N–H and O–H groups in total. The van der Waals surface area contributed by atoms with Crippen molar-refractivity contribution < 1.29 is 9.90 Å². The molecule has 0 aliphatic heterocycles. The van der Waals surface area contributed by atoms with E-state index in [2.05, 4.69) is 28.3 Å². The maximum Gasteiger partial charge on any atom is 0.347 e. The number of thiophene rings is 1. The van der Waals surface area contributed by atoms with Gasteiger partial charge < -0.3 is 10.0 Å². The Hall–Kier alpha value is -1.40. The highest BCUT2D eigenvalue weighted by Crippen LogP contribution is 2.44. The molecule has 20 heavy (non-hydrogen) atoms. The zero-order valence-corrected chi connectivity index (χ0v) is 12.8. The van der Waals surface area contributed by atoms with Gasteiger partial charge in [-0.15, -0.1) is 11.3 Å². The lowest BCUT2D eigenvalue weighted by molar-refractivity contribution is 0.0700. The van der Waals surface area contributed by atoms with E-state index in [0.717, 1.165) is 36.8 Å². The van der Waals surface area contributed by atoms with Crippen molar-refractivity contribution in [2.75, 3.05) is 11.4 Å². The second kappa shape index (κ2) is 5.54. The Morgan fingerprint density at radius 2 is 2.35 bits per heavy atom. The Kier molecular flexibility index (Phi) is 3.76. The van der Waals surface area contributed by atoms with Gasteiger partial charge in [0.25, 0.3) is 0 Å². The summed E-state index contributed by atoms with van der Waals surface area (Å²) in [5.74, 6) is -0.477. The second-order valence-electron chi connectivity index (χ2n) is 4.88. The summed E-state index contributed by atoms with van der Waals surface area (Å²) >= 11 is 3.03. The highest BCUT2D eigenvalue weighted by Gasteiger charge is 2.32. The van der Waals surface area contributed by atoms with Crippen LogP contribution in [0.2, 0.25) is 0 Å². The average molecular weight is 308 g/mol. The number of anilines is 1. The summed E-state index contributed by atoms with van der Waals surface area (Å²) in [6.45, 7) is 3.70. The van der Waals surface area contributed by atoms with E-state index in [0.29, 0.717) is 10.8 Å². The molecule has 0 radical (unpaired) electrons. The number of carboxylic acid groups (broad SMARTS) is 1. The van der Waals surface area contributed by atoms with Gasteiger partial charge in [-0.25, -0.2) is 9.78 Å². The Balaban J connectivity index is 1.87. The molecule has 1 aliphatic carbocycles. The van der Waals surface area contributed by atoms with Crippen molar-refractivity contribution in [1.29, 1.82) is 0 Å². The van der Waals surface area contributed by atoms with Crippen LogP contribution in [0.15, 0.2) is 17.5 Å². The molecule has 1 fully saturated rings. The lowest BCUT2D eigenvalue weighted by Crippen LogP contribution is -2.21. The summed E-state index contributed by atoms with van der Waals surface area (Å²) in [6.07, 6.45) is 2.14. The van der Waals surface area contributed by atoms with E-state index in [-0.39, 0.29) is 0 Å².